The van der Waals surface area contributed by atoms with E-state index in [0.717, 1.165) is 6.54 Å². The fraction of sp³-hybridized carbons (Fsp3) is 1.00. The molecule has 0 bridgehead atoms. The molecule has 2 unspecified atom stereocenters. The van der Waals surface area contributed by atoms with Crippen LogP contribution in [0.15, 0.2) is 0 Å². The van der Waals surface area contributed by atoms with Crippen molar-refractivity contribution in [3.63, 3.8) is 0 Å². The zero-order valence-electron chi connectivity index (χ0n) is 9.78. The van der Waals surface area contributed by atoms with Crippen molar-refractivity contribution in [2.75, 3.05) is 6.54 Å². The Morgan fingerprint density at radius 1 is 1.21 bits per heavy atom. The predicted octanol–water partition coefficient (Wildman–Crippen LogP) is 3.56. The molecule has 0 aliphatic heterocycles. The number of rotatable bonds is 3. The maximum Gasteiger partial charge on any atom is 0.0489 e. The quantitative estimate of drug-likeness (QED) is 0.713. The summed E-state index contributed by atoms with van der Waals surface area (Å²) in [6.45, 7) is 7.96. The van der Waals surface area contributed by atoms with Crippen molar-refractivity contribution in [1.82, 2.24) is 5.32 Å². The van der Waals surface area contributed by atoms with Crippen LogP contribution >= 0.6 is 11.6 Å². The van der Waals surface area contributed by atoms with Gasteiger partial charge in [-0.15, -0.1) is 11.6 Å². The second-order valence-corrected chi connectivity index (χ2v) is 6.23. The van der Waals surface area contributed by atoms with Crippen molar-refractivity contribution in [1.29, 1.82) is 0 Å². The summed E-state index contributed by atoms with van der Waals surface area (Å²) in [7, 11) is 0. The first-order valence-electron chi connectivity index (χ1n) is 5.86. The van der Waals surface area contributed by atoms with Gasteiger partial charge in [-0.3, -0.25) is 0 Å². The Labute approximate surface area is 93.6 Å². The molecule has 0 aromatic rings. The average molecular weight is 218 g/mol. The molecule has 84 valence electrons. The molecular weight excluding hydrogens is 194 g/mol. The molecule has 1 N–H and O–H groups in total. The molecule has 1 saturated carbocycles. The van der Waals surface area contributed by atoms with Crippen molar-refractivity contribution >= 4 is 11.6 Å². The highest BCUT2D eigenvalue weighted by Gasteiger charge is 2.22. The van der Waals surface area contributed by atoms with E-state index < -0.39 is 0 Å². The van der Waals surface area contributed by atoms with Gasteiger partial charge in [0, 0.05) is 11.4 Å². The van der Waals surface area contributed by atoms with Gasteiger partial charge < -0.3 is 5.32 Å². The predicted molar refractivity (Wildman–Crippen MR) is 64.0 cm³/mol. The smallest absolute Gasteiger partial charge is 0.0489 e. The second kappa shape index (κ2) is 5.37. The van der Waals surface area contributed by atoms with Crippen LogP contribution in [0.25, 0.3) is 0 Å². The standard InChI is InChI=1S/C12H24ClN/c1-12(2,3)8-9-14-11-7-5-4-6-10(11)13/h10-11,14H,4-9H2,1-3H3. The minimum atomic E-state index is 0.365. The van der Waals surface area contributed by atoms with Crippen molar-refractivity contribution in [3.8, 4) is 0 Å². The van der Waals surface area contributed by atoms with Crippen LogP contribution in [-0.2, 0) is 0 Å². The average Bonchev–Trinajstić information content (AvgIpc) is 2.06. The molecule has 0 heterocycles. The third-order valence-corrected chi connectivity index (χ3v) is 3.49. The third-order valence-electron chi connectivity index (χ3n) is 2.96. The van der Waals surface area contributed by atoms with Crippen molar-refractivity contribution in [2.45, 2.75) is 64.3 Å². The van der Waals surface area contributed by atoms with Crippen LogP contribution in [-0.4, -0.2) is 18.0 Å². The highest BCUT2D eigenvalue weighted by Crippen LogP contribution is 2.23. The molecule has 0 saturated heterocycles. The van der Waals surface area contributed by atoms with Gasteiger partial charge in [0.15, 0.2) is 0 Å². The highest BCUT2D eigenvalue weighted by molar-refractivity contribution is 6.21. The SMILES string of the molecule is CC(C)(C)CCNC1CCCCC1Cl. The van der Waals surface area contributed by atoms with Crippen molar-refractivity contribution in [3.05, 3.63) is 0 Å². The van der Waals surface area contributed by atoms with Gasteiger partial charge in [-0.2, -0.15) is 0 Å². The molecule has 0 spiro atoms. The first-order valence-corrected chi connectivity index (χ1v) is 6.30. The normalized spacial score (nSPS) is 29.1. The summed E-state index contributed by atoms with van der Waals surface area (Å²) in [5.41, 5.74) is 0.434. The van der Waals surface area contributed by atoms with Crippen LogP contribution in [0.1, 0.15) is 52.9 Å². The van der Waals surface area contributed by atoms with Crippen LogP contribution in [0, 0.1) is 5.41 Å². The summed E-state index contributed by atoms with van der Waals surface area (Å²) in [6, 6.07) is 0.563. The zero-order chi connectivity index (χ0) is 10.6. The highest BCUT2D eigenvalue weighted by atomic mass is 35.5. The Balaban J connectivity index is 2.17. The van der Waals surface area contributed by atoms with Gasteiger partial charge in [0.05, 0.1) is 0 Å². The fourth-order valence-electron chi connectivity index (χ4n) is 1.95. The van der Waals surface area contributed by atoms with E-state index in [2.05, 4.69) is 26.1 Å². The number of halogens is 1. The molecule has 2 atom stereocenters. The minimum absolute atomic E-state index is 0.365. The van der Waals surface area contributed by atoms with E-state index in [4.69, 9.17) is 11.6 Å². The number of nitrogens with one attached hydrogen (secondary N) is 1. The van der Waals surface area contributed by atoms with Gasteiger partial charge in [-0.1, -0.05) is 33.6 Å². The van der Waals surface area contributed by atoms with E-state index in [1.54, 1.807) is 0 Å². The lowest BCUT2D eigenvalue weighted by atomic mass is 9.91. The Kier molecular flexibility index (Phi) is 4.72. The number of alkyl halides is 1. The van der Waals surface area contributed by atoms with Crippen LogP contribution in [0.3, 0.4) is 0 Å². The third kappa shape index (κ3) is 4.65. The van der Waals surface area contributed by atoms with Crippen LogP contribution < -0.4 is 5.32 Å². The summed E-state index contributed by atoms with van der Waals surface area (Å²) in [5, 5.41) is 3.96. The van der Waals surface area contributed by atoms with E-state index in [1.165, 1.54) is 32.1 Å². The Morgan fingerprint density at radius 2 is 1.86 bits per heavy atom. The fourth-order valence-corrected chi connectivity index (χ4v) is 2.32. The van der Waals surface area contributed by atoms with Gasteiger partial charge in [0.1, 0.15) is 0 Å². The molecule has 2 heteroatoms. The maximum atomic E-state index is 6.27. The molecule has 1 aliphatic carbocycles. The molecule has 14 heavy (non-hydrogen) atoms. The van der Waals surface area contributed by atoms with E-state index in [0.29, 0.717) is 16.8 Å². The molecule has 1 rings (SSSR count). The van der Waals surface area contributed by atoms with Gasteiger partial charge in [-0.05, 0) is 31.2 Å². The summed E-state index contributed by atoms with van der Waals surface area (Å²) in [5.74, 6) is 0. The number of hydrogen-bond donors (Lipinski definition) is 1. The molecule has 0 amide bonds. The lowest BCUT2D eigenvalue weighted by Gasteiger charge is -2.29. The Morgan fingerprint density at radius 3 is 2.43 bits per heavy atom. The second-order valence-electron chi connectivity index (χ2n) is 5.67. The lowest BCUT2D eigenvalue weighted by molar-refractivity contribution is 0.326. The molecule has 1 nitrogen and oxygen atoms in total. The zero-order valence-corrected chi connectivity index (χ0v) is 10.5. The lowest BCUT2D eigenvalue weighted by Crippen LogP contribution is -2.40. The van der Waals surface area contributed by atoms with Gasteiger partial charge in [-0.25, -0.2) is 0 Å². The van der Waals surface area contributed by atoms with Crippen LogP contribution in [0.4, 0.5) is 0 Å². The molecule has 1 fully saturated rings. The Bertz CT molecular complexity index is 162. The summed E-state index contributed by atoms with van der Waals surface area (Å²) in [6.07, 6.45) is 6.34. The monoisotopic (exact) mass is 217 g/mol. The molecule has 0 radical (unpaired) electrons. The number of hydrogen-bond acceptors (Lipinski definition) is 1. The summed E-state index contributed by atoms with van der Waals surface area (Å²) >= 11 is 6.27. The first kappa shape index (κ1) is 12.3. The minimum Gasteiger partial charge on any atom is -0.312 e. The first-order chi connectivity index (χ1) is 6.49. The van der Waals surface area contributed by atoms with E-state index in [-0.39, 0.29) is 0 Å². The van der Waals surface area contributed by atoms with Crippen molar-refractivity contribution in [2.24, 2.45) is 5.41 Å². The van der Waals surface area contributed by atoms with E-state index in [9.17, 15) is 0 Å². The summed E-state index contributed by atoms with van der Waals surface area (Å²) in [4.78, 5) is 0. The van der Waals surface area contributed by atoms with Crippen molar-refractivity contribution < 1.29 is 0 Å². The van der Waals surface area contributed by atoms with E-state index >= 15 is 0 Å². The largest absolute Gasteiger partial charge is 0.312 e. The topological polar surface area (TPSA) is 12.0 Å². The Hall–Kier alpha value is 0.250. The van der Waals surface area contributed by atoms with E-state index in [1.807, 2.05) is 0 Å². The van der Waals surface area contributed by atoms with Crippen LogP contribution in [0.5, 0.6) is 0 Å². The van der Waals surface area contributed by atoms with Gasteiger partial charge in [0.25, 0.3) is 0 Å². The molecule has 1 aliphatic rings. The molecular formula is C12H24ClN. The van der Waals surface area contributed by atoms with Gasteiger partial charge >= 0.3 is 0 Å². The maximum absolute atomic E-state index is 6.27. The summed E-state index contributed by atoms with van der Waals surface area (Å²) < 4.78 is 0. The van der Waals surface area contributed by atoms with Gasteiger partial charge in [0.2, 0.25) is 0 Å². The molecule has 0 aromatic carbocycles. The molecule has 0 aromatic heterocycles. The van der Waals surface area contributed by atoms with Crippen LogP contribution in [0.2, 0.25) is 0 Å².